The lowest BCUT2D eigenvalue weighted by atomic mass is 10.2. The number of carbonyl (C=O) groups is 1. The molecule has 20 heavy (non-hydrogen) atoms. The molecule has 1 heterocycles. The lowest BCUT2D eigenvalue weighted by Crippen LogP contribution is -2.35. The average molecular weight is 276 g/mol. The van der Waals surface area contributed by atoms with Crippen molar-refractivity contribution >= 4 is 11.7 Å². The highest BCUT2D eigenvalue weighted by atomic mass is 16.4. The molecular formula is C16H24N2O2. The summed E-state index contributed by atoms with van der Waals surface area (Å²) in [5, 5.41) is 8.90. The summed E-state index contributed by atoms with van der Waals surface area (Å²) in [7, 11) is 0. The third kappa shape index (κ3) is 4.53. The summed E-state index contributed by atoms with van der Waals surface area (Å²) >= 11 is 0. The number of aliphatic carboxylic acids is 1. The molecule has 0 bridgehead atoms. The maximum absolute atomic E-state index is 10.8. The van der Waals surface area contributed by atoms with Crippen molar-refractivity contribution in [3.8, 4) is 0 Å². The summed E-state index contributed by atoms with van der Waals surface area (Å²) in [5.41, 5.74) is 2.35. The molecule has 0 unspecified atom stereocenters. The van der Waals surface area contributed by atoms with Crippen molar-refractivity contribution in [2.45, 2.75) is 26.2 Å². The minimum Gasteiger partial charge on any atom is -0.481 e. The van der Waals surface area contributed by atoms with Crippen LogP contribution in [0.4, 0.5) is 5.69 Å². The normalized spacial score (nSPS) is 15.4. The second-order valence-electron chi connectivity index (χ2n) is 5.52. The van der Waals surface area contributed by atoms with Gasteiger partial charge in [-0.05, 0) is 45.0 Å². The molecule has 2 rings (SSSR count). The third-order valence-corrected chi connectivity index (χ3v) is 3.88. The first-order valence-corrected chi connectivity index (χ1v) is 7.41. The van der Waals surface area contributed by atoms with E-state index in [2.05, 4.69) is 41.0 Å². The van der Waals surface area contributed by atoms with E-state index in [4.69, 9.17) is 5.11 Å². The molecule has 1 aliphatic rings. The van der Waals surface area contributed by atoms with Gasteiger partial charge in [0.1, 0.15) is 0 Å². The fraction of sp³-hybridized carbons (Fsp3) is 0.562. The molecule has 0 spiro atoms. The van der Waals surface area contributed by atoms with Gasteiger partial charge in [-0.25, -0.2) is 0 Å². The number of hydrogen-bond acceptors (Lipinski definition) is 3. The number of nitrogens with zero attached hydrogens (tertiary/aromatic N) is 2. The van der Waals surface area contributed by atoms with E-state index in [1.807, 2.05) is 0 Å². The van der Waals surface area contributed by atoms with Gasteiger partial charge in [0.2, 0.25) is 0 Å². The van der Waals surface area contributed by atoms with E-state index < -0.39 is 5.97 Å². The highest BCUT2D eigenvalue weighted by Gasteiger charge is 2.14. The molecule has 1 aromatic carbocycles. The topological polar surface area (TPSA) is 43.8 Å². The summed E-state index contributed by atoms with van der Waals surface area (Å²) in [6.45, 7) is 6.92. The van der Waals surface area contributed by atoms with E-state index in [0.29, 0.717) is 6.54 Å². The Kier molecular flexibility index (Phi) is 5.41. The van der Waals surface area contributed by atoms with Gasteiger partial charge in [0.05, 0.1) is 6.42 Å². The van der Waals surface area contributed by atoms with Crippen LogP contribution in [0.3, 0.4) is 0 Å². The molecule has 4 nitrogen and oxygen atoms in total. The summed E-state index contributed by atoms with van der Waals surface area (Å²) in [6.07, 6.45) is 2.77. The van der Waals surface area contributed by atoms with Gasteiger partial charge >= 0.3 is 5.97 Å². The van der Waals surface area contributed by atoms with Crippen LogP contribution in [0.2, 0.25) is 0 Å². The van der Waals surface area contributed by atoms with Crippen molar-refractivity contribution in [1.29, 1.82) is 0 Å². The molecule has 110 valence electrons. The Morgan fingerprint density at radius 3 is 2.45 bits per heavy atom. The minimum absolute atomic E-state index is 0.188. The van der Waals surface area contributed by atoms with Crippen LogP contribution in [0.25, 0.3) is 0 Å². The number of benzene rings is 1. The SMILES string of the molecule is Cc1ccc(N(CCC(=O)O)CCN2CCCC2)cc1. The van der Waals surface area contributed by atoms with E-state index in [1.165, 1.54) is 31.5 Å². The van der Waals surface area contributed by atoms with Gasteiger partial charge in [0, 0.05) is 25.3 Å². The molecule has 4 heteroatoms. The van der Waals surface area contributed by atoms with Gasteiger partial charge in [0.15, 0.2) is 0 Å². The number of carboxylic acid groups (broad SMARTS) is 1. The van der Waals surface area contributed by atoms with Crippen molar-refractivity contribution in [3.05, 3.63) is 29.8 Å². The number of rotatable bonds is 7. The Bertz CT molecular complexity index is 425. The first-order chi connectivity index (χ1) is 9.65. The number of hydrogen-bond donors (Lipinski definition) is 1. The zero-order chi connectivity index (χ0) is 14.4. The van der Waals surface area contributed by atoms with Crippen LogP contribution in [-0.2, 0) is 4.79 Å². The largest absolute Gasteiger partial charge is 0.481 e. The number of likely N-dealkylation sites (tertiary alicyclic amines) is 1. The van der Waals surface area contributed by atoms with E-state index in [1.54, 1.807) is 0 Å². The Balaban J connectivity index is 1.95. The fourth-order valence-electron chi connectivity index (χ4n) is 2.62. The summed E-state index contributed by atoms with van der Waals surface area (Å²) in [6, 6.07) is 8.33. The van der Waals surface area contributed by atoms with Gasteiger partial charge in [0.25, 0.3) is 0 Å². The van der Waals surface area contributed by atoms with Crippen LogP contribution in [0.15, 0.2) is 24.3 Å². The minimum atomic E-state index is -0.733. The Hall–Kier alpha value is -1.55. The summed E-state index contributed by atoms with van der Waals surface area (Å²) < 4.78 is 0. The molecule has 0 radical (unpaired) electrons. The Labute approximate surface area is 121 Å². The molecule has 1 aliphatic heterocycles. The molecule has 1 aromatic rings. The zero-order valence-corrected chi connectivity index (χ0v) is 12.2. The molecule has 1 fully saturated rings. The standard InChI is InChI=1S/C16H24N2O2/c1-14-4-6-15(7-5-14)18(11-8-16(19)20)13-12-17-9-2-3-10-17/h4-7H,2-3,8-13H2,1H3,(H,19,20). The van der Waals surface area contributed by atoms with Crippen LogP contribution >= 0.6 is 0 Å². The van der Waals surface area contributed by atoms with Gasteiger partial charge in [-0.1, -0.05) is 17.7 Å². The molecule has 1 N–H and O–H groups in total. The predicted octanol–water partition coefficient (Wildman–Crippen LogP) is 2.37. The van der Waals surface area contributed by atoms with Crippen molar-refractivity contribution in [1.82, 2.24) is 4.90 Å². The molecule has 0 aliphatic carbocycles. The maximum Gasteiger partial charge on any atom is 0.305 e. The maximum atomic E-state index is 10.8. The third-order valence-electron chi connectivity index (χ3n) is 3.88. The van der Waals surface area contributed by atoms with Crippen molar-refractivity contribution in [2.24, 2.45) is 0 Å². The highest BCUT2D eigenvalue weighted by molar-refractivity contribution is 5.67. The Morgan fingerprint density at radius 1 is 1.20 bits per heavy atom. The van der Waals surface area contributed by atoms with Crippen molar-refractivity contribution in [3.63, 3.8) is 0 Å². The summed E-state index contributed by atoms with van der Waals surface area (Å²) in [5.74, 6) is -0.733. The molecule has 1 saturated heterocycles. The van der Waals surface area contributed by atoms with E-state index in [0.717, 1.165) is 18.8 Å². The lowest BCUT2D eigenvalue weighted by Gasteiger charge is -2.27. The van der Waals surface area contributed by atoms with Gasteiger partial charge in [-0.2, -0.15) is 0 Å². The smallest absolute Gasteiger partial charge is 0.305 e. The van der Waals surface area contributed by atoms with Gasteiger partial charge < -0.3 is 14.9 Å². The van der Waals surface area contributed by atoms with E-state index >= 15 is 0 Å². The van der Waals surface area contributed by atoms with Crippen LogP contribution in [-0.4, -0.2) is 48.7 Å². The molecule has 0 atom stereocenters. The lowest BCUT2D eigenvalue weighted by molar-refractivity contribution is -0.136. The monoisotopic (exact) mass is 276 g/mol. The molecule has 0 amide bonds. The van der Waals surface area contributed by atoms with Gasteiger partial charge in [-0.3, -0.25) is 4.79 Å². The second-order valence-corrected chi connectivity index (χ2v) is 5.52. The first-order valence-electron chi connectivity index (χ1n) is 7.41. The zero-order valence-electron chi connectivity index (χ0n) is 12.2. The van der Waals surface area contributed by atoms with Crippen LogP contribution in [0.5, 0.6) is 0 Å². The van der Waals surface area contributed by atoms with Crippen molar-refractivity contribution in [2.75, 3.05) is 37.6 Å². The van der Waals surface area contributed by atoms with Crippen molar-refractivity contribution < 1.29 is 9.90 Å². The average Bonchev–Trinajstić information content (AvgIpc) is 2.93. The predicted molar refractivity (Wildman–Crippen MR) is 81.3 cm³/mol. The molecular weight excluding hydrogens is 252 g/mol. The Morgan fingerprint density at radius 2 is 1.85 bits per heavy atom. The van der Waals surface area contributed by atoms with Crippen LogP contribution in [0.1, 0.15) is 24.8 Å². The van der Waals surface area contributed by atoms with E-state index in [9.17, 15) is 4.79 Å². The number of aryl methyl sites for hydroxylation is 1. The summed E-state index contributed by atoms with van der Waals surface area (Å²) in [4.78, 5) is 15.5. The van der Waals surface area contributed by atoms with Crippen LogP contribution in [0, 0.1) is 6.92 Å². The first kappa shape index (κ1) is 14.9. The van der Waals surface area contributed by atoms with Crippen LogP contribution < -0.4 is 4.90 Å². The fourth-order valence-corrected chi connectivity index (χ4v) is 2.62. The number of anilines is 1. The molecule has 0 saturated carbocycles. The number of carboxylic acids is 1. The van der Waals surface area contributed by atoms with E-state index in [-0.39, 0.29) is 6.42 Å². The highest BCUT2D eigenvalue weighted by Crippen LogP contribution is 2.16. The molecule has 0 aromatic heterocycles. The quantitative estimate of drug-likeness (QED) is 0.830. The second kappa shape index (κ2) is 7.29. The van der Waals surface area contributed by atoms with Gasteiger partial charge in [-0.15, -0.1) is 0 Å².